The third-order valence-electron chi connectivity index (χ3n) is 2.74. The summed E-state index contributed by atoms with van der Waals surface area (Å²) >= 11 is 1.08. The molecule has 0 aliphatic rings. The molecule has 2 aromatic rings. The van der Waals surface area contributed by atoms with E-state index >= 15 is 0 Å². The number of hydrogen-bond donors (Lipinski definition) is 1. The molecular weight excluding hydrogens is 276 g/mol. The van der Waals surface area contributed by atoms with Crippen LogP contribution in [-0.2, 0) is 11.2 Å². The Bertz CT molecular complexity index is 620. The van der Waals surface area contributed by atoms with Crippen LogP contribution in [0, 0.1) is 0 Å². The molecule has 0 unspecified atom stereocenters. The van der Waals surface area contributed by atoms with E-state index in [2.05, 4.69) is 22.0 Å². The average molecular weight is 290 g/mol. The monoisotopic (exact) mass is 290 g/mol. The number of carbonyl (C=O) groups is 2. The van der Waals surface area contributed by atoms with Crippen molar-refractivity contribution in [3.05, 3.63) is 46.5 Å². The summed E-state index contributed by atoms with van der Waals surface area (Å²) in [5.74, 6) is -0.714. The standard InChI is InChI=1S/C14H14N2O3S/c1-3-9-4-6-10(7-5-9)12(17)16-14-15-8-11(20-14)13(18)19-2/h4-8H,3H2,1-2H3,(H,15,16,17). The van der Waals surface area contributed by atoms with Crippen molar-refractivity contribution >= 4 is 28.3 Å². The van der Waals surface area contributed by atoms with Gasteiger partial charge in [0, 0.05) is 5.56 Å². The van der Waals surface area contributed by atoms with Crippen molar-refractivity contribution in [2.24, 2.45) is 0 Å². The third-order valence-corrected chi connectivity index (χ3v) is 3.63. The highest BCUT2D eigenvalue weighted by Crippen LogP contribution is 2.19. The molecule has 1 heterocycles. The van der Waals surface area contributed by atoms with Gasteiger partial charge >= 0.3 is 5.97 Å². The summed E-state index contributed by atoms with van der Waals surface area (Å²) in [6, 6.07) is 7.36. The Morgan fingerprint density at radius 1 is 1.30 bits per heavy atom. The van der Waals surface area contributed by atoms with Gasteiger partial charge in [-0.25, -0.2) is 9.78 Å². The number of ether oxygens (including phenoxy) is 1. The number of methoxy groups -OCH3 is 1. The summed E-state index contributed by atoms with van der Waals surface area (Å²) in [5.41, 5.74) is 1.72. The van der Waals surface area contributed by atoms with Crippen LogP contribution in [0.1, 0.15) is 32.5 Å². The van der Waals surface area contributed by atoms with Crippen LogP contribution in [0.15, 0.2) is 30.5 Å². The summed E-state index contributed by atoms with van der Waals surface area (Å²) in [6.07, 6.45) is 2.31. The molecule has 2 rings (SSSR count). The minimum Gasteiger partial charge on any atom is -0.465 e. The molecule has 1 amide bonds. The summed E-state index contributed by atoms with van der Waals surface area (Å²) in [6.45, 7) is 2.05. The first-order chi connectivity index (χ1) is 9.63. The molecule has 20 heavy (non-hydrogen) atoms. The van der Waals surface area contributed by atoms with Gasteiger partial charge in [0.25, 0.3) is 5.91 Å². The second kappa shape index (κ2) is 6.29. The van der Waals surface area contributed by atoms with Gasteiger partial charge in [-0.1, -0.05) is 30.4 Å². The van der Waals surface area contributed by atoms with Gasteiger partial charge in [-0.15, -0.1) is 0 Å². The van der Waals surface area contributed by atoms with Gasteiger partial charge < -0.3 is 4.74 Å². The Kier molecular flexibility index (Phi) is 4.47. The van der Waals surface area contributed by atoms with E-state index in [4.69, 9.17) is 0 Å². The van der Waals surface area contributed by atoms with Gasteiger partial charge in [0.1, 0.15) is 4.88 Å². The molecule has 1 N–H and O–H groups in total. The first-order valence-electron chi connectivity index (χ1n) is 6.08. The van der Waals surface area contributed by atoms with Crippen molar-refractivity contribution in [2.45, 2.75) is 13.3 Å². The number of benzene rings is 1. The number of thiazole rings is 1. The molecule has 1 aromatic heterocycles. The highest BCUT2D eigenvalue weighted by atomic mass is 32.1. The Hall–Kier alpha value is -2.21. The number of amides is 1. The molecule has 0 fully saturated rings. The second-order valence-corrected chi connectivity index (χ2v) is 5.06. The van der Waals surface area contributed by atoms with Gasteiger partial charge in [-0.05, 0) is 24.1 Å². The lowest BCUT2D eigenvalue weighted by molar-refractivity contribution is 0.0606. The molecule has 0 saturated carbocycles. The van der Waals surface area contributed by atoms with Crippen LogP contribution in [0.3, 0.4) is 0 Å². The first kappa shape index (κ1) is 14.2. The predicted molar refractivity (Wildman–Crippen MR) is 77.2 cm³/mol. The zero-order chi connectivity index (χ0) is 14.5. The largest absolute Gasteiger partial charge is 0.465 e. The maximum atomic E-state index is 12.0. The highest BCUT2D eigenvalue weighted by molar-refractivity contribution is 7.17. The van der Waals surface area contributed by atoms with Crippen LogP contribution in [0.2, 0.25) is 0 Å². The van der Waals surface area contributed by atoms with Crippen LogP contribution in [0.5, 0.6) is 0 Å². The number of nitrogens with one attached hydrogen (secondary N) is 1. The lowest BCUT2D eigenvalue weighted by atomic mass is 10.1. The van der Waals surface area contributed by atoms with E-state index in [-0.39, 0.29) is 5.91 Å². The second-order valence-electron chi connectivity index (χ2n) is 4.03. The van der Waals surface area contributed by atoms with Crippen molar-refractivity contribution in [1.29, 1.82) is 0 Å². The van der Waals surface area contributed by atoms with E-state index in [0.717, 1.165) is 17.8 Å². The zero-order valence-corrected chi connectivity index (χ0v) is 12.0. The molecule has 0 bridgehead atoms. The fraction of sp³-hybridized carbons (Fsp3) is 0.214. The molecule has 0 aliphatic heterocycles. The molecule has 0 aliphatic carbocycles. The number of hydrogen-bond acceptors (Lipinski definition) is 5. The minimum atomic E-state index is -0.463. The van der Waals surface area contributed by atoms with Crippen molar-refractivity contribution in [3.8, 4) is 0 Å². The number of carbonyl (C=O) groups excluding carboxylic acids is 2. The summed E-state index contributed by atoms with van der Waals surface area (Å²) < 4.78 is 4.58. The highest BCUT2D eigenvalue weighted by Gasteiger charge is 2.13. The molecule has 0 saturated heterocycles. The molecular formula is C14H14N2O3S. The van der Waals surface area contributed by atoms with Gasteiger partial charge in [0.2, 0.25) is 0 Å². The fourth-order valence-electron chi connectivity index (χ4n) is 1.59. The molecule has 6 heteroatoms. The van der Waals surface area contributed by atoms with Gasteiger partial charge in [-0.3, -0.25) is 10.1 Å². The van der Waals surface area contributed by atoms with Crippen molar-refractivity contribution in [1.82, 2.24) is 4.98 Å². The van der Waals surface area contributed by atoms with Gasteiger partial charge in [-0.2, -0.15) is 0 Å². The Morgan fingerprint density at radius 2 is 2.00 bits per heavy atom. The molecule has 104 valence electrons. The quantitative estimate of drug-likeness (QED) is 0.879. The van der Waals surface area contributed by atoms with Crippen LogP contribution in [0.25, 0.3) is 0 Å². The summed E-state index contributed by atoms with van der Waals surface area (Å²) in [7, 11) is 1.30. The van der Waals surface area contributed by atoms with Crippen LogP contribution >= 0.6 is 11.3 Å². The van der Waals surface area contributed by atoms with E-state index in [1.807, 2.05) is 12.1 Å². The molecule has 5 nitrogen and oxygen atoms in total. The zero-order valence-electron chi connectivity index (χ0n) is 11.2. The van der Waals surface area contributed by atoms with Crippen molar-refractivity contribution < 1.29 is 14.3 Å². The van der Waals surface area contributed by atoms with E-state index in [9.17, 15) is 9.59 Å². The topological polar surface area (TPSA) is 68.3 Å². The van der Waals surface area contributed by atoms with E-state index in [1.165, 1.54) is 18.9 Å². The maximum Gasteiger partial charge on any atom is 0.349 e. The number of rotatable bonds is 4. The number of aryl methyl sites for hydroxylation is 1. The first-order valence-corrected chi connectivity index (χ1v) is 6.90. The predicted octanol–water partition coefficient (Wildman–Crippen LogP) is 2.74. The van der Waals surface area contributed by atoms with E-state index < -0.39 is 5.97 Å². The van der Waals surface area contributed by atoms with Gasteiger partial charge in [0.05, 0.1) is 13.3 Å². The number of esters is 1. The fourth-order valence-corrected chi connectivity index (χ4v) is 2.32. The number of aromatic nitrogens is 1. The molecule has 0 atom stereocenters. The number of nitrogens with zero attached hydrogens (tertiary/aromatic N) is 1. The van der Waals surface area contributed by atoms with Crippen LogP contribution in [-0.4, -0.2) is 24.0 Å². The number of anilines is 1. The van der Waals surface area contributed by atoms with Crippen molar-refractivity contribution in [3.63, 3.8) is 0 Å². The van der Waals surface area contributed by atoms with E-state index in [0.29, 0.717) is 15.6 Å². The van der Waals surface area contributed by atoms with E-state index in [1.54, 1.807) is 12.1 Å². The van der Waals surface area contributed by atoms with Gasteiger partial charge in [0.15, 0.2) is 5.13 Å². The molecule has 0 spiro atoms. The minimum absolute atomic E-state index is 0.251. The Labute approximate surface area is 120 Å². The Balaban J connectivity index is 2.07. The molecule has 1 aromatic carbocycles. The summed E-state index contributed by atoms with van der Waals surface area (Å²) in [5, 5.41) is 3.03. The smallest absolute Gasteiger partial charge is 0.349 e. The van der Waals surface area contributed by atoms with Crippen LogP contribution < -0.4 is 5.32 Å². The Morgan fingerprint density at radius 3 is 2.60 bits per heavy atom. The normalized spacial score (nSPS) is 10.1. The molecule has 0 radical (unpaired) electrons. The SMILES string of the molecule is CCc1ccc(C(=O)Nc2ncc(C(=O)OC)s2)cc1. The van der Waals surface area contributed by atoms with Crippen LogP contribution in [0.4, 0.5) is 5.13 Å². The average Bonchev–Trinajstić information content (AvgIpc) is 2.95. The van der Waals surface area contributed by atoms with Crippen molar-refractivity contribution in [2.75, 3.05) is 12.4 Å². The summed E-state index contributed by atoms with van der Waals surface area (Å²) in [4.78, 5) is 27.6. The maximum absolute atomic E-state index is 12.0. The lowest BCUT2D eigenvalue weighted by Crippen LogP contribution is -2.11. The third kappa shape index (κ3) is 3.21. The lowest BCUT2D eigenvalue weighted by Gasteiger charge is -2.02.